The van der Waals surface area contributed by atoms with E-state index in [1.807, 2.05) is 6.07 Å². The van der Waals surface area contributed by atoms with Gasteiger partial charge < -0.3 is 19.8 Å². The summed E-state index contributed by atoms with van der Waals surface area (Å²) in [6.07, 6.45) is 0.189. The van der Waals surface area contributed by atoms with E-state index in [0.29, 0.717) is 34.0 Å². The Labute approximate surface area is 181 Å². The second-order valence-corrected chi connectivity index (χ2v) is 8.44. The summed E-state index contributed by atoms with van der Waals surface area (Å²) in [4.78, 5) is 25.1. The van der Waals surface area contributed by atoms with E-state index in [-0.39, 0.29) is 12.3 Å². The van der Waals surface area contributed by atoms with Crippen molar-refractivity contribution in [1.82, 2.24) is 15.2 Å². The Morgan fingerprint density at radius 1 is 1.48 bits per heavy atom. The number of benzene rings is 1. The normalized spacial score (nSPS) is 17.8. The van der Waals surface area contributed by atoms with Crippen LogP contribution < -0.4 is 16.4 Å². The van der Waals surface area contributed by atoms with Crippen LogP contribution in [0.15, 0.2) is 33.5 Å². The molecule has 3 aromatic rings. The first-order valence-electron chi connectivity index (χ1n) is 9.86. The summed E-state index contributed by atoms with van der Waals surface area (Å²) in [5.41, 5.74) is 1.79. The molecule has 162 valence electrons. The highest BCUT2D eigenvalue weighted by Gasteiger charge is 2.24. The lowest BCUT2D eigenvalue weighted by molar-refractivity contribution is -0.132. The SMILES string of the molecule is Cn1c(=O)oc2ccc(-c3cc(F)c(CC(C#N)NC(=O)[C@@H]4CNCCCO4)s3)cc21. The number of thiophene rings is 1. The van der Waals surface area contributed by atoms with Gasteiger partial charge in [-0.25, -0.2) is 9.18 Å². The Kier molecular flexibility index (Phi) is 6.18. The molecule has 0 bridgehead atoms. The average Bonchev–Trinajstić information content (AvgIpc) is 3.11. The first-order chi connectivity index (χ1) is 15.0. The summed E-state index contributed by atoms with van der Waals surface area (Å²) in [5, 5.41) is 15.2. The van der Waals surface area contributed by atoms with Crippen LogP contribution in [0.4, 0.5) is 4.39 Å². The molecule has 1 aliphatic rings. The lowest BCUT2D eigenvalue weighted by Crippen LogP contribution is -2.46. The summed E-state index contributed by atoms with van der Waals surface area (Å²) in [5.74, 6) is -1.29. The predicted octanol–water partition coefficient (Wildman–Crippen LogP) is 1.93. The fraction of sp³-hybridized carbons (Fsp3) is 0.381. The molecule has 0 saturated carbocycles. The summed E-state index contributed by atoms with van der Waals surface area (Å²) in [7, 11) is 1.60. The molecule has 1 saturated heterocycles. The molecule has 3 heterocycles. The maximum absolute atomic E-state index is 14.6. The van der Waals surface area contributed by atoms with Gasteiger partial charge in [0.1, 0.15) is 18.0 Å². The molecule has 10 heteroatoms. The van der Waals surface area contributed by atoms with Crippen LogP contribution in [0.2, 0.25) is 0 Å². The van der Waals surface area contributed by atoms with Gasteiger partial charge in [-0.3, -0.25) is 9.36 Å². The van der Waals surface area contributed by atoms with Crippen LogP contribution >= 0.6 is 11.3 Å². The molecule has 1 unspecified atom stereocenters. The number of fused-ring (bicyclic) bond motifs is 1. The number of carbonyl (C=O) groups is 1. The van der Waals surface area contributed by atoms with Crippen molar-refractivity contribution in [2.24, 2.45) is 7.05 Å². The highest BCUT2D eigenvalue weighted by Crippen LogP contribution is 2.33. The molecule has 1 fully saturated rings. The minimum atomic E-state index is -0.877. The zero-order valence-electron chi connectivity index (χ0n) is 16.8. The second kappa shape index (κ2) is 9.01. The number of aromatic nitrogens is 1. The van der Waals surface area contributed by atoms with Crippen LogP contribution in [0.3, 0.4) is 0 Å². The van der Waals surface area contributed by atoms with E-state index in [0.717, 1.165) is 18.5 Å². The molecule has 0 radical (unpaired) electrons. The maximum atomic E-state index is 14.6. The van der Waals surface area contributed by atoms with Gasteiger partial charge in [-0.1, -0.05) is 0 Å². The fourth-order valence-electron chi connectivity index (χ4n) is 3.43. The third kappa shape index (κ3) is 4.54. The van der Waals surface area contributed by atoms with Gasteiger partial charge in [0.2, 0.25) is 0 Å². The van der Waals surface area contributed by atoms with Crippen molar-refractivity contribution in [3.8, 4) is 16.5 Å². The second-order valence-electron chi connectivity index (χ2n) is 7.30. The van der Waals surface area contributed by atoms with Crippen LogP contribution in [-0.2, 0) is 23.0 Å². The van der Waals surface area contributed by atoms with Crippen LogP contribution in [0, 0.1) is 17.1 Å². The van der Waals surface area contributed by atoms with Crippen LogP contribution in [0.25, 0.3) is 21.5 Å². The van der Waals surface area contributed by atoms with E-state index in [1.165, 1.54) is 22.0 Å². The van der Waals surface area contributed by atoms with Crippen molar-refractivity contribution in [3.05, 3.63) is 45.5 Å². The van der Waals surface area contributed by atoms with Crippen molar-refractivity contribution in [1.29, 1.82) is 5.26 Å². The summed E-state index contributed by atoms with van der Waals surface area (Å²) >= 11 is 1.20. The van der Waals surface area contributed by atoms with E-state index in [1.54, 1.807) is 25.2 Å². The number of rotatable bonds is 5. The third-order valence-electron chi connectivity index (χ3n) is 5.13. The minimum absolute atomic E-state index is 0.0470. The monoisotopic (exact) mass is 444 g/mol. The van der Waals surface area contributed by atoms with E-state index < -0.39 is 23.7 Å². The molecular formula is C21H21FN4O4S. The Morgan fingerprint density at radius 3 is 3.13 bits per heavy atom. The highest BCUT2D eigenvalue weighted by molar-refractivity contribution is 7.15. The van der Waals surface area contributed by atoms with Crippen molar-refractivity contribution >= 4 is 28.3 Å². The number of halogens is 1. The van der Waals surface area contributed by atoms with Gasteiger partial charge in [0.05, 0.1) is 11.6 Å². The predicted molar refractivity (Wildman–Crippen MR) is 113 cm³/mol. The summed E-state index contributed by atoms with van der Waals surface area (Å²) in [6, 6.07) is 7.73. The first kappa shape index (κ1) is 21.2. The van der Waals surface area contributed by atoms with E-state index >= 15 is 0 Å². The number of nitrogens with one attached hydrogen (secondary N) is 2. The summed E-state index contributed by atoms with van der Waals surface area (Å²) in [6.45, 7) is 1.62. The molecule has 1 aromatic carbocycles. The highest BCUT2D eigenvalue weighted by atomic mass is 32.1. The van der Waals surface area contributed by atoms with Gasteiger partial charge >= 0.3 is 5.76 Å². The van der Waals surface area contributed by atoms with Gasteiger partial charge in [0.15, 0.2) is 5.58 Å². The van der Waals surface area contributed by atoms with Gasteiger partial charge in [0, 0.05) is 36.4 Å². The molecule has 4 rings (SSSR count). The number of aryl methyl sites for hydroxylation is 1. The quantitative estimate of drug-likeness (QED) is 0.622. The molecular weight excluding hydrogens is 423 g/mol. The Morgan fingerprint density at radius 2 is 2.32 bits per heavy atom. The Balaban J connectivity index is 1.50. The smallest absolute Gasteiger partial charge is 0.408 e. The summed E-state index contributed by atoms with van der Waals surface area (Å²) < 4.78 is 26.6. The zero-order chi connectivity index (χ0) is 22.0. The van der Waals surface area contributed by atoms with E-state index in [4.69, 9.17) is 9.15 Å². The standard InChI is InChI=1S/C21H21FN4O4S/c1-26-15-7-12(3-4-16(15)30-21(26)28)18-9-14(22)19(31-18)8-13(10-23)25-20(27)17-11-24-5-2-6-29-17/h3-4,7,9,13,17,24H,2,5-6,8,11H2,1H3,(H,25,27)/t13?,17-/m0/s1. The van der Waals surface area contributed by atoms with Crippen molar-refractivity contribution in [2.45, 2.75) is 25.0 Å². The lowest BCUT2D eigenvalue weighted by atomic mass is 10.1. The minimum Gasteiger partial charge on any atom is -0.408 e. The molecule has 1 amide bonds. The molecule has 1 aliphatic heterocycles. The molecule has 2 aromatic heterocycles. The van der Waals surface area contributed by atoms with E-state index in [2.05, 4.69) is 10.6 Å². The molecule has 8 nitrogen and oxygen atoms in total. The van der Waals surface area contributed by atoms with Crippen molar-refractivity contribution in [2.75, 3.05) is 19.7 Å². The van der Waals surface area contributed by atoms with Gasteiger partial charge in [-0.05, 0) is 42.8 Å². The molecule has 0 spiro atoms. The molecule has 31 heavy (non-hydrogen) atoms. The first-order valence-corrected chi connectivity index (χ1v) is 10.7. The van der Waals surface area contributed by atoms with Crippen LogP contribution in [0.5, 0.6) is 0 Å². The number of amides is 1. The van der Waals surface area contributed by atoms with Crippen LogP contribution in [-0.4, -0.2) is 42.3 Å². The maximum Gasteiger partial charge on any atom is 0.419 e. The van der Waals surface area contributed by atoms with Gasteiger partial charge in [-0.2, -0.15) is 5.26 Å². The number of hydrogen-bond donors (Lipinski definition) is 2. The number of nitriles is 1. The lowest BCUT2D eigenvalue weighted by Gasteiger charge is -2.17. The number of oxazole rings is 1. The number of hydrogen-bond acceptors (Lipinski definition) is 7. The topological polar surface area (TPSA) is 109 Å². The van der Waals surface area contributed by atoms with E-state index in [9.17, 15) is 19.2 Å². The molecule has 2 N–H and O–H groups in total. The average molecular weight is 444 g/mol. The third-order valence-corrected chi connectivity index (χ3v) is 6.32. The number of ether oxygens (including phenoxy) is 1. The fourth-order valence-corrected chi connectivity index (χ4v) is 4.51. The van der Waals surface area contributed by atoms with Crippen molar-refractivity contribution < 1.29 is 18.3 Å². The molecule has 0 aliphatic carbocycles. The Hall–Kier alpha value is -3.00. The van der Waals surface area contributed by atoms with Gasteiger partial charge in [-0.15, -0.1) is 11.3 Å². The zero-order valence-corrected chi connectivity index (χ0v) is 17.6. The number of nitrogens with zero attached hydrogens (tertiary/aromatic N) is 2. The molecule has 2 atom stereocenters. The van der Waals surface area contributed by atoms with Crippen molar-refractivity contribution in [3.63, 3.8) is 0 Å². The van der Waals surface area contributed by atoms with Gasteiger partial charge in [0.25, 0.3) is 5.91 Å². The largest absolute Gasteiger partial charge is 0.419 e. The van der Waals surface area contributed by atoms with Crippen LogP contribution in [0.1, 0.15) is 11.3 Å². The Bertz CT molecular complexity index is 1200. The number of carbonyl (C=O) groups excluding carboxylic acids is 1.